The Balaban J connectivity index is 2.60. The average Bonchev–Trinajstić information content (AvgIpc) is 2.04. The second-order valence-electron chi connectivity index (χ2n) is 1.89. The molecule has 1 aromatic rings. The maximum Gasteiger partial charge on any atom is 0.357 e. The van der Waals surface area contributed by atoms with Gasteiger partial charge >= 0.3 is 6.73 Å². The lowest BCUT2D eigenvalue weighted by Crippen LogP contribution is -1.90. The van der Waals surface area contributed by atoms with Crippen LogP contribution < -0.4 is 4.74 Å². The number of hydrogen-bond acceptors (Lipinski definition) is 1. The molecule has 0 unspecified atom stereocenters. The summed E-state index contributed by atoms with van der Waals surface area (Å²) in [6, 6.07) is 5.56. The molecule has 0 aliphatic carbocycles. The van der Waals surface area contributed by atoms with E-state index in [0.717, 1.165) is 0 Å². The zero-order chi connectivity index (χ0) is 8.10. The van der Waals surface area contributed by atoms with Crippen LogP contribution in [0.4, 0.5) is 4.39 Å². The lowest BCUT2D eigenvalue weighted by molar-refractivity contribution is 0.360. The summed E-state index contributed by atoms with van der Waals surface area (Å²) in [5, 5.41) is 0. The van der Waals surface area contributed by atoms with E-state index in [1.54, 1.807) is 0 Å². The zero-order valence-electron chi connectivity index (χ0n) is 5.75. The van der Waals surface area contributed by atoms with Crippen LogP contribution in [0.3, 0.4) is 0 Å². The Morgan fingerprint density at radius 3 is 2.55 bits per heavy atom. The maximum absolute atomic E-state index is 12.3. The maximum atomic E-state index is 12.3. The summed E-state index contributed by atoms with van der Waals surface area (Å²) in [5.41, 5.74) is 0. The molecule has 0 atom stereocenters. The molecule has 0 aliphatic heterocycles. The Hall–Kier alpha value is -1.56. The Labute approximate surface area is 64.0 Å². The second kappa shape index (κ2) is 3.57. The SMILES string of the molecule is [C-]#[N+]COc1ccc(F)cc1. The lowest BCUT2D eigenvalue weighted by Gasteiger charge is -1.96. The van der Waals surface area contributed by atoms with Gasteiger partial charge in [0, 0.05) is 0 Å². The largest absolute Gasteiger partial charge is 0.426 e. The molecule has 1 rings (SSSR count). The zero-order valence-corrected chi connectivity index (χ0v) is 5.75. The van der Waals surface area contributed by atoms with Crippen molar-refractivity contribution in [2.45, 2.75) is 0 Å². The van der Waals surface area contributed by atoms with Gasteiger partial charge in [-0.15, -0.1) is 0 Å². The van der Waals surface area contributed by atoms with E-state index in [4.69, 9.17) is 11.3 Å². The third-order valence-electron chi connectivity index (χ3n) is 1.11. The molecule has 0 aliphatic rings. The highest BCUT2D eigenvalue weighted by Crippen LogP contribution is 2.10. The van der Waals surface area contributed by atoms with E-state index in [9.17, 15) is 4.39 Å². The standard InChI is InChI=1S/C8H6FNO/c1-10-6-11-8-4-2-7(9)3-5-8/h2-5H,6H2. The van der Waals surface area contributed by atoms with Crippen LogP contribution in [0.2, 0.25) is 0 Å². The van der Waals surface area contributed by atoms with Crippen molar-refractivity contribution >= 4 is 0 Å². The summed E-state index contributed by atoms with van der Waals surface area (Å²) in [7, 11) is 0. The summed E-state index contributed by atoms with van der Waals surface area (Å²) in [6.45, 7) is 6.40. The Morgan fingerprint density at radius 1 is 1.36 bits per heavy atom. The van der Waals surface area contributed by atoms with E-state index >= 15 is 0 Å². The molecule has 1 aromatic carbocycles. The number of nitrogens with zero attached hydrogens (tertiary/aromatic N) is 1. The number of halogens is 1. The highest BCUT2D eigenvalue weighted by atomic mass is 19.1. The summed E-state index contributed by atoms with van der Waals surface area (Å²) in [5.74, 6) is 0.211. The predicted molar refractivity (Wildman–Crippen MR) is 38.5 cm³/mol. The van der Waals surface area contributed by atoms with Crippen LogP contribution in [0.15, 0.2) is 24.3 Å². The van der Waals surface area contributed by atoms with E-state index in [-0.39, 0.29) is 12.5 Å². The van der Waals surface area contributed by atoms with Gasteiger partial charge in [0.1, 0.15) is 11.6 Å². The summed E-state index contributed by atoms with van der Waals surface area (Å²) in [4.78, 5) is 2.99. The summed E-state index contributed by atoms with van der Waals surface area (Å²) in [6.07, 6.45) is 0. The van der Waals surface area contributed by atoms with Gasteiger partial charge in [0.05, 0.1) is 0 Å². The normalized spacial score (nSPS) is 8.73. The van der Waals surface area contributed by atoms with Crippen LogP contribution >= 0.6 is 0 Å². The first-order valence-electron chi connectivity index (χ1n) is 3.04. The number of hydrogen-bond donors (Lipinski definition) is 0. The van der Waals surface area contributed by atoms with Gasteiger partial charge in [-0.2, -0.15) is 0 Å². The van der Waals surface area contributed by atoms with Crippen molar-refractivity contribution in [3.05, 3.63) is 41.5 Å². The molecular formula is C8H6FNO. The van der Waals surface area contributed by atoms with Gasteiger partial charge in [-0.25, -0.2) is 11.0 Å². The molecule has 2 nitrogen and oxygen atoms in total. The first-order chi connectivity index (χ1) is 5.33. The highest BCUT2D eigenvalue weighted by molar-refractivity contribution is 5.22. The van der Waals surface area contributed by atoms with Gasteiger partial charge in [0.25, 0.3) is 0 Å². The van der Waals surface area contributed by atoms with Crippen LogP contribution in [0.5, 0.6) is 5.75 Å². The van der Waals surface area contributed by atoms with Gasteiger partial charge in [-0.3, -0.25) is 4.85 Å². The van der Waals surface area contributed by atoms with Gasteiger partial charge in [-0.1, -0.05) is 0 Å². The minimum atomic E-state index is -0.305. The quantitative estimate of drug-likeness (QED) is 0.590. The van der Waals surface area contributed by atoms with E-state index in [2.05, 4.69) is 4.85 Å². The third kappa shape index (κ3) is 2.26. The second-order valence-corrected chi connectivity index (χ2v) is 1.89. The fourth-order valence-corrected chi connectivity index (χ4v) is 0.638. The molecule has 0 amide bonds. The first kappa shape index (κ1) is 7.55. The van der Waals surface area contributed by atoms with Crippen LogP contribution in [0.1, 0.15) is 0 Å². The molecule has 56 valence electrons. The minimum Gasteiger partial charge on any atom is -0.426 e. The van der Waals surface area contributed by atoms with Crippen molar-refractivity contribution in [3.8, 4) is 5.75 Å². The van der Waals surface area contributed by atoms with Crippen molar-refractivity contribution in [2.24, 2.45) is 0 Å². The molecule has 0 bridgehead atoms. The highest BCUT2D eigenvalue weighted by Gasteiger charge is 1.93. The van der Waals surface area contributed by atoms with Crippen molar-refractivity contribution in [1.29, 1.82) is 0 Å². The molecule has 0 heterocycles. The van der Waals surface area contributed by atoms with E-state index in [1.165, 1.54) is 24.3 Å². The monoisotopic (exact) mass is 151 g/mol. The smallest absolute Gasteiger partial charge is 0.357 e. The Morgan fingerprint density at radius 2 is 2.00 bits per heavy atom. The van der Waals surface area contributed by atoms with E-state index in [0.29, 0.717) is 5.75 Å². The molecule has 0 N–H and O–H groups in total. The number of rotatable bonds is 2. The average molecular weight is 151 g/mol. The first-order valence-corrected chi connectivity index (χ1v) is 3.04. The van der Waals surface area contributed by atoms with E-state index < -0.39 is 0 Å². The van der Waals surface area contributed by atoms with Crippen molar-refractivity contribution < 1.29 is 9.13 Å². The van der Waals surface area contributed by atoms with Gasteiger partial charge in [0.15, 0.2) is 0 Å². The lowest BCUT2D eigenvalue weighted by atomic mass is 10.3. The fourth-order valence-electron chi connectivity index (χ4n) is 0.638. The fraction of sp³-hybridized carbons (Fsp3) is 0.125. The third-order valence-corrected chi connectivity index (χ3v) is 1.11. The number of benzene rings is 1. The molecule has 0 saturated heterocycles. The Bertz CT molecular complexity index is 262. The van der Waals surface area contributed by atoms with Crippen molar-refractivity contribution in [3.63, 3.8) is 0 Å². The Kier molecular flexibility index (Phi) is 2.45. The van der Waals surface area contributed by atoms with Crippen molar-refractivity contribution in [1.82, 2.24) is 0 Å². The van der Waals surface area contributed by atoms with Gasteiger partial charge in [-0.05, 0) is 24.3 Å². The van der Waals surface area contributed by atoms with Crippen LogP contribution in [0.25, 0.3) is 4.85 Å². The minimum absolute atomic E-state index is 0.0222. The molecule has 3 heteroatoms. The summed E-state index contributed by atoms with van der Waals surface area (Å²) < 4.78 is 17.2. The van der Waals surface area contributed by atoms with Gasteiger partial charge < -0.3 is 4.74 Å². The molecular weight excluding hydrogens is 145 g/mol. The van der Waals surface area contributed by atoms with Gasteiger partial charge in [0.2, 0.25) is 0 Å². The molecule has 0 radical (unpaired) electrons. The molecule has 0 fully saturated rings. The summed E-state index contributed by atoms with van der Waals surface area (Å²) >= 11 is 0. The van der Waals surface area contributed by atoms with E-state index in [1.807, 2.05) is 0 Å². The molecule has 11 heavy (non-hydrogen) atoms. The van der Waals surface area contributed by atoms with Crippen LogP contribution in [-0.4, -0.2) is 6.73 Å². The van der Waals surface area contributed by atoms with Crippen LogP contribution in [-0.2, 0) is 0 Å². The number of ether oxygens (including phenoxy) is 1. The molecule has 0 aromatic heterocycles. The molecule has 0 saturated carbocycles. The topological polar surface area (TPSA) is 13.6 Å². The van der Waals surface area contributed by atoms with Crippen LogP contribution in [0, 0.1) is 12.4 Å². The predicted octanol–water partition coefficient (Wildman–Crippen LogP) is 2.08. The van der Waals surface area contributed by atoms with Crippen molar-refractivity contribution in [2.75, 3.05) is 6.73 Å². The molecule has 0 spiro atoms.